The van der Waals surface area contributed by atoms with Crippen LogP contribution < -0.4 is 0 Å². The first kappa shape index (κ1) is 13.9. The first-order chi connectivity index (χ1) is 7.58. The van der Waals surface area contributed by atoms with Gasteiger partial charge in [0.1, 0.15) is 0 Å². The molecule has 1 heterocycles. The van der Waals surface area contributed by atoms with Crippen LogP contribution in [0.4, 0.5) is 0 Å². The highest BCUT2D eigenvalue weighted by molar-refractivity contribution is 4.64. The summed E-state index contributed by atoms with van der Waals surface area (Å²) < 4.78 is 11.1. The van der Waals surface area contributed by atoms with Crippen molar-refractivity contribution >= 4 is 0 Å². The molecule has 0 aromatic heterocycles. The van der Waals surface area contributed by atoms with Gasteiger partial charge in [0, 0.05) is 13.2 Å². The van der Waals surface area contributed by atoms with E-state index in [-0.39, 0.29) is 6.29 Å². The number of ether oxygens (including phenoxy) is 2. The minimum atomic E-state index is -0.520. The normalized spacial score (nSPS) is 22.3. The average molecular weight is 230 g/mol. The van der Waals surface area contributed by atoms with E-state index in [0.717, 1.165) is 45.3 Å². The molecule has 0 saturated carbocycles. The minimum absolute atomic E-state index is 0.0445. The third-order valence-corrected chi connectivity index (χ3v) is 2.87. The van der Waals surface area contributed by atoms with E-state index in [9.17, 15) is 5.11 Å². The highest BCUT2D eigenvalue weighted by Gasteiger charge is 2.14. The predicted molar refractivity (Wildman–Crippen MR) is 64.3 cm³/mol. The molecule has 3 heteroatoms. The SMILES string of the molecule is CC(C)(O)CCCCCOC1CCCCO1. The molecule has 0 bridgehead atoms. The molecule has 0 aromatic carbocycles. The molecular weight excluding hydrogens is 204 g/mol. The zero-order valence-electron chi connectivity index (χ0n) is 10.7. The lowest BCUT2D eigenvalue weighted by Gasteiger charge is -2.22. The molecule has 1 unspecified atom stereocenters. The Hall–Kier alpha value is -0.120. The summed E-state index contributed by atoms with van der Waals surface area (Å²) >= 11 is 0. The second-order valence-electron chi connectivity index (χ2n) is 5.29. The molecule has 1 rings (SSSR count). The zero-order valence-corrected chi connectivity index (χ0v) is 10.7. The van der Waals surface area contributed by atoms with Gasteiger partial charge in [-0.3, -0.25) is 0 Å². The van der Waals surface area contributed by atoms with Gasteiger partial charge in [0.15, 0.2) is 6.29 Å². The third kappa shape index (κ3) is 7.20. The minimum Gasteiger partial charge on any atom is -0.390 e. The molecule has 1 fully saturated rings. The number of aliphatic hydroxyl groups is 1. The molecular formula is C13H26O3. The van der Waals surface area contributed by atoms with Gasteiger partial charge < -0.3 is 14.6 Å². The number of rotatable bonds is 7. The number of hydrogen-bond donors (Lipinski definition) is 1. The lowest BCUT2D eigenvalue weighted by molar-refractivity contribution is -0.162. The zero-order chi connectivity index (χ0) is 11.9. The summed E-state index contributed by atoms with van der Waals surface area (Å²) in [6.45, 7) is 5.36. The topological polar surface area (TPSA) is 38.7 Å². The Bertz CT molecular complexity index is 169. The maximum absolute atomic E-state index is 9.53. The smallest absolute Gasteiger partial charge is 0.157 e. The van der Waals surface area contributed by atoms with Gasteiger partial charge in [0.2, 0.25) is 0 Å². The van der Waals surface area contributed by atoms with Crippen molar-refractivity contribution in [1.29, 1.82) is 0 Å². The number of unbranched alkanes of at least 4 members (excludes halogenated alkanes) is 2. The van der Waals surface area contributed by atoms with Gasteiger partial charge in [-0.25, -0.2) is 0 Å². The van der Waals surface area contributed by atoms with Crippen molar-refractivity contribution in [2.24, 2.45) is 0 Å². The fourth-order valence-electron chi connectivity index (χ4n) is 1.89. The summed E-state index contributed by atoms with van der Waals surface area (Å²) in [5, 5.41) is 9.53. The Balaban J connectivity index is 1.87. The first-order valence-electron chi connectivity index (χ1n) is 6.53. The van der Waals surface area contributed by atoms with Crippen molar-refractivity contribution < 1.29 is 14.6 Å². The maximum atomic E-state index is 9.53. The monoisotopic (exact) mass is 230 g/mol. The van der Waals surface area contributed by atoms with Crippen molar-refractivity contribution in [3.05, 3.63) is 0 Å². The van der Waals surface area contributed by atoms with E-state index in [2.05, 4.69) is 0 Å². The average Bonchev–Trinajstić information content (AvgIpc) is 2.23. The molecule has 3 nitrogen and oxygen atoms in total. The van der Waals surface area contributed by atoms with E-state index in [1.54, 1.807) is 0 Å². The molecule has 1 aliphatic heterocycles. The molecule has 1 N–H and O–H groups in total. The van der Waals surface area contributed by atoms with Crippen LogP contribution in [0.25, 0.3) is 0 Å². The van der Waals surface area contributed by atoms with Crippen molar-refractivity contribution in [2.45, 2.75) is 70.7 Å². The van der Waals surface area contributed by atoms with E-state index in [4.69, 9.17) is 9.47 Å². The maximum Gasteiger partial charge on any atom is 0.157 e. The first-order valence-corrected chi connectivity index (χ1v) is 6.53. The van der Waals surface area contributed by atoms with Gasteiger partial charge in [0.25, 0.3) is 0 Å². The lowest BCUT2D eigenvalue weighted by Crippen LogP contribution is -2.22. The molecule has 0 spiro atoms. The van der Waals surface area contributed by atoms with E-state index < -0.39 is 5.60 Å². The fraction of sp³-hybridized carbons (Fsp3) is 1.00. The van der Waals surface area contributed by atoms with Crippen LogP contribution in [-0.2, 0) is 9.47 Å². The summed E-state index contributed by atoms with van der Waals surface area (Å²) in [5.41, 5.74) is -0.520. The van der Waals surface area contributed by atoms with Gasteiger partial charge in [-0.15, -0.1) is 0 Å². The van der Waals surface area contributed by atoms with E-state index in [0.29, 0.717) is 0 Å². The van der Waals surface area contributed by atoms with Crippen LogP contribution in [0.2, 0.25) is 0 Å². The molecule has 0 aliphatic carbocycles. The number of hydrogen-bond acceptors (Lipinski definition) is 3. The molecule has 0 radical (unpaired) electrons. The molecule has 1 aliphatic rings. The Labute approximate surface area is 99.1 Å². The van der Waals surface area contributed by atoms with Crippen molar-refractivity contribution in [3.63, 3.8) is 0 Å². The van der Waals surface area contributed by atoms with Crippen LogP contribution in [0.3, 0.4) is 0 Å². The summed E-state index contributed by atoms with van der Waals surface area (Å²) in [6, 6.07) is 0. The van der Waals surface area contributed by atoms with Gasteiger partial charge in [0.05, 0.1) is 5.60 Å². The fourth-order valence-corrected chi connectivity index (χ4v) is 1.89. The van der Waals surface area contributed by atoms with Gasteiger partial charge in [-0.1, -0.05) is 12.8 Å². The van der Waals surface area contributed by atoms with Crippen molar-refractivity contribution in [3.8, 4) is 0 Å². The van der Waals surface area contributed by atoms with Crippen LogP contribution in [0.5, 0.6) is 0 Å². The van der Waals surface area contributed by atoms with Crippen LogP contribution in [-0.4, -0.2) is 30.2 Å². The van der Waals surface area contributed by atoms with Gasteiger partial charge >= 0.3 is 0 Å². The van der Waals surface area contributed by atoms with Gasteiger partial charge in [-0.05, 0) is 46.0 Å². The standard InChI is InChI=1S/C13H26O3/c1-13(2,14)9-5-3-6-10-15-12-8-4-7-11-16-12/h12,14H,3-11H2,1-2H3. The molecule has 96 valence electrons. The van der Waals surface area contributed by atoms with Crippen LogP contribution in [0, 0.1) is 0 Å². The summed E-state index contributed by atoms with van der Waals surface area (Å²) in [6.07, 6.45) is 7.61. The quantitative estimate of drug-likeness (QED) is 0.683. The summed E-state index contributed by atoms with van der Waals surface area (Å²) in [4.78, 5) is 0. The van der Waals surface area contributed by atoms with Crippen molar-refractivity contribution in [2.75, 3.05) is 13.2 Å². The highest BCUT2D eigenvalue weighted by Crippen LogP contribution is 2.15. The Morgan fingerprint density at radius 1 is 1.25 bits per heavy atom. The van der Waals surface area contributed by atoms with Gasteiger partial charge in [-0.2, -0.15) is 0 Å². The molecule has 1 saturated heterocycles. The molecule has 0 aromatic rings. The Morgan fingerprint density at radius 3 is 2.69 bits per heavy atom. The van der Waals surface area contributed by atoms with Crippen LogP contribution >= 0.6 is 0 Å². The van der Waals surface area contributed by atoms with E-state index in [1.165, 1.54) is 12.8 Å². The largest absolute Gasteiger partial charge is 0.390 e. The second kappa shape index (κ2) is 7.25. The second-order valence-corrected chi connectivity index (χ2v) is 5.29. The summed E-state index contributed by atoms with van der Waals surface area (Å²) in [5.74, 6) is 0. The van der Waals surface area contributed by atoms with Crippen molar-refractivity contribution in [1.82, 2.24) is 0 Å². The summed E-state index contributed by atoms with van der Waals surface area (Å²) in [7, 11) is 0. The Kier molecular flexibility index (Phi) is 6.32. The van der Waals surface area contributed by atoms with Crippen LogP contribution in [0.15, 0.2) is 0 Å². The molecule has 1 atom stereocenters. The third-order valence-electron chi connectivity index (χ3n) is 2.87. The Morgan fingerprint density at radius 2 is 2.06 bits per heavy atom. The van der Waals surface area contributed by atoms with E-state index in [1.807, 2.05) is 13.8 Å². The predicted octanol–water partition coefficient (Wildman–Crippen LogP) is 2.86. The molecule has 16 heavy (non-hydrogen) atoms. The highest BCUT2D eigenvalue weighted by atomic mass is 16.7. The van der Waals surface area contributed by atoms with Crippen LogP contribution in [0.1, 0.15) is 58.8 Å². The van der Waals surface area contributed by atoms with E-state index >= 15 is 0 Å². The lowest BCUT2D eigenvalue weighted by atomic mass is 10.0. The molecule has 0 amide bonds.